The molecule has 1 aromatic carbocycles. The molecule has 0 aliphatic heterocycles. The van der Waals surface area contributed by atoms with Crippen molar-refractivity contribution in [2.24, 2.45) is 0 Å². The van der Waals surface area contributed by atoms with Crippen molar-refractivity contribution in [2.75, 3.05) is 0 Å². The second-order valence-corrected chi connectivity index (χ2v) is 6.93. The Balaban J connectivity index is 1.87. The van der Waals surface area contributed by atoms with E-state index in [0.29, 0.717) is 17.3 Å². The molecule has 0 aliphatic rings. The van der Waals surface area contributed by atoms with Gasteiger partial charge in [-0.25, -0.2) is 9.67 Å². The zero-order valence-corrected chi connectivity index (χ0v) is 16.6. The van der Waals surface area contributed by atoms with Crippen LogP contribution in [0.15, 0.2) is 22.6 Å². The minimum absolute atomic E-state index is 0.0993. The fraction of sp³-hybridized carbons (Fsp3) is 0.316. The van der Waals surface area contributed by atoms with Crippen LogP contribution in [-0.2, 0) is 0 Å². The van der Waals surface area contributed by atoms with E-state index in [2.05, 4.69) is 19.9 Å². The maximum atomic E-state index is 9.01. The van der Waals surface area contributed by atoms with Gasteiger partial charge < -0.3 is 24.5 Å². The third-order valence-corrected chi connectivity index (χ3v) is 4.58. The number of benzene rings is 1. The smallest absolute Gasteiger partial charge is 0.439 e. The Morgan fingerprint density at radius 1 is 1.03 bits per heavy atom. The number of fused-ring (bicyclic) bond motifs is 1. The van der Waals surface area contributed by atoms with Crippen LogP contribution in [0.1, 0.15) is 28.7 Å². The maximum absolute atomic E-state index is 9.01. The summed E-state index contributed by atoms with van der Waals surface area (Å²) in [5, 5.41) is 36.1. The Morgan fingerprint density at radius 2 is 1.76 bits per heavy atom. The van der Waals surface area contributed by atoms with Crippen LogP contribution in [0.5, 0.6) is 5.75 Å². The van der Waals surface area contributed by atoms with Gasteiger partial charge in [-0.2, -0.15) is 14.7 Å². The summed E-state index contributed by atoms with van der Waals surface area (Å²) in [5.41, 5.74) is 4.33. The van der Waals surface area contributed by atoms with Gasteiger partial charge in [-0.05, 0) is 58.4 Å². The first-order valence-electron chi connectivity index (χ1n) is 8.91. The van der Waals surface area contributed by atoms with Gasteiger partial charge in [0.1, 0.15) is 28.9 Å². The molecule has 4 rings (SSSR count). The molecule has 0 bridgehead atoms. The highest BCUT2D eigenvalue weighted by atomic mass is 16.9. The van der Waals surface area contributed by atoms with Crippen molar-refractivity contribution < 1.29 is 24.5 Å². The lowest BCUT2D eigenvalue weighted by molar-refractivity contribution is -0.419. The normalized spacial score (nSPS) is 12.1. The van der Waals surface area contributed by atoms with Gasteiger partial charge in [0.2, 0.25) is 5.71 Å². The summed E-state index contributed by atoms with van der Waals surface area (Å²) in [6.07, 6.45) is -3.24. The number of oxazole rings is 1. The van der Waals surface area contributed by atoms with E-state index in [-0.39, 0.29) is 5.75 Å². The van der Waals surface area contributed by atoms with Crippen LogP contribution in [0.4, 0.5) is 0 Å². The number of nitrogens with zero attached hydrogens (tertiary/aromatic N) is 5. The van der Waals surface area contributed by atoms with E-state index in [0.717, 1.165) is 34.0 Å². The molecule has 0 amide bonds. The molecule has 0 saturated heterocycles. The van der Waals surface area contributed by atoms with E-state index >= 15 is 0 Å². The molecule has 3 heterocycles. The average Bonchev–Trinajstić information content (AvgIpc) is 3.17. The summed E-state index contributed by atoms with van der Waals surface area (Å²) in [4.78, 5) is 4.35. The van der Waals surface area contributed by atoms with Crippen molar-refractivity contribution in [3.05, 3.63) is 46.9 Å². The van der Waals surface area contributed by atoms with Crippen LogP contribution in [0.3, 0.4) is 0 Å². The number of aryl methyl sites for hydroxylation is 5. The molecule has 0 spiro atoms. The standard InChI is InChI=1S/C19H21N5O5/c1-9-8-14(29-19(25,26)27)6-7-15(9)17-11(3)28-18-16(10(2)21-24(17)18)23-13(5)20-12(4)22-23/h6-8,25-27H,1-5H3. The van der Waals surface area contributed by atoms with Gasteiger partial charge >= 0.3 is 6.16 Å². The molecule has 29 heavy (non-hydrogen) atoms. The molecule has 0 aliphatic carbocycles. The Bertz CT molecular complexity index is 1230. The summed E-state index contributed by atoms with van der Waals surface area (Å²) in [6, 6.07) is 4.82. The third kappa shape index (κ3) is 3.27. The number of rotatable bonds is 4. The Labute approximate surface area is 165 Å². The van der Waals surface area contributed by atoms with Gasteiger partial charge in [0.05, 0.1) is 5.69 Å². The fourth-order valence-corrected chi connectivity index (χ4v) is 3.49. The Kier molecular flexibility index (Phi) is 4.23. The molecule has 3 N–H and O–H groups in total. The summed E-state index contributed by atoms with van der Waals surface area (Å²) in [7, 11) is 0. The first kappa shape index (κ1) is 19.1. The second kappa shape index (κ2) is 6.41. The lowest BCUT2D eigenvalue weighted by Gasteiger charge is -2.16. The maximum Gasteiger partial charge on any atom is 0.453 e. The highest BCUT2D eigenvalue weighted by Crippen LogP contribution is 2.34. The van der Waals surface area contributed by atoms with E-state index < -0.39 is 6.16 Å². The number of aromatic nitrogens is 5. The van der Waals surface area contributed by atoms with Gasteiger partial charge in [-0.1, -0.05) is 0 Å². The number of hydrogen-bond donors (Lipinski definition) is 3. The lowest BCUT2D eigenvalue weighted by Crippen LogP contribution is -2.34. The van der Waals surface area contributed by atoms with Gasteiger partial charge in [-0.15, -0.1) is 0 Å². The number of aliphatic hydroxyl groups is 3. The molecule has 4 aromatic rings. The highest BCUT2D eigenvalue weighted by molar-refractivity contribution is 5.72. The third-order valence-electron chi connectivity index (χ3n) is 4.58. The molecule has 3 aromatic heterocycles. The first-order valence-corrected chi connectivity index (χ1v) is 8.91. The molecule has 0 fully saturated rings. The van der Waals surface area contributed by atoms with Crippen LogP contribution in [0.2, 0.25) is 0 Å². The molecule has 0 radical (unpaired) electrons. The van der Waals surface area contributed by atoms with E-state index in [1.807, 2.05) is 34.6 Å². The van der Waals surface area contributed by atoms with Crippen molar-refractivity contribution >= 4 is 5.71 Å². The van der Waals surface area contributed by atoms with E-state index in [4.69, 9.17) is 19.7 Å². The van der Waals surface area contributed by atoms with Gasteiger partial charge in [0, 0.05) is 5.56 Å². The van der Waals surface area contributed by atoms with E-state index in [1.54, 1.807) is 21.3 Å². The number of ether oxygens (including phenoxy) is 1. The second-order valence-electron chi connectivity index (χ2n) is 6.93. The van der Waals surface area contributed by atoms with Crippen LogP contribution in [-0.4, -0.2) is 45.9 Å². The van der Waals surface area contributed by atoms with Crippen molar-refractivity contribution in [1.82, 2.24) is 24.4 Å². The van der Waals surface area contributed by atoms with Crippen LogP contribution < -0.4 is 4.74 Å². The zero-order valence-electron chi connectivity index (χ0n) is 16.6. The quantitative estimate of drug-likeness (QED) is 0.442. The van der Waals surface area contributed by atoms with Crippen LogP contribution in [0, 0.1) is 34.6 Å². The predicted molar refractivity (Wildman–Crippen MR) is 102 cm³/mol. The summed E-state index contributed by atoms with van der Waals surface area (Å²) < 4.78 is 14.2. The molecule has 10 heteroatoms. The largest absolute Gasteiger partial charge is 0.453 e. The topological polar surface area (TPSA) is 131 Å². The van der Waals surface area contributed by atoms with Crippen molar-refractivity contribution in [2.45, 2.75) is 40.8 Å². The van der Waals surface area contributed by atoms with Gasteiger partial charge in [0.15, 0.2) is 5.69 Å². The first-order chi connectivity index (χ1) is 13.5. The molecular formula is C19H21N5O5. The summed E-state index contributed by atoms with van der Waals surface area (Å²) >= 11 is 0. The molecule has 10 nitrogen and oxygen atoms in total. The number of hydrogen-bond acceptors (Lipinski definition) is 8. The lowest BCUT2D eigenvalue weighted by atomic mass is 10.0. The van der Waals surface area contributed by atoms with E-state index in [9.17, 15) is 0 Å². The van der Waals surface area contributed by atoms with Crippen molar-refractivity contribution in [3.8, 4) is 22.7 Å². The predicted octanol–water partition coefficient (Wildman–Crippen LogP) is 1.68. The molecule has 152 valence electrons. The summed E-state index contributed by atoms with van der Waals surface area (Å²) in [5.74, 6) is 2.14. The van der Waals surface area contributed by atoms with Crippen LogP contribution >= 0.6 is 0 Å². The SMILES string of the molecule is Cc1nc(C)n(-c2c(C)nn3c(-c4ccc(OC(O)(O)O)cc4C)c(C)oc23)n1. The zero-order chi connectivity index (χ0) is 21.1. The fourth-order valence-electron chi connectivity index (χ4n) is 3.49. The minimum Gasteiger partial charge on any atom is -0.439 e. The summed E-state index contributed by atoms with van der Waals surface area (Å²) in [6.45, 7) is 9.24. The Hall–Kier alpha value is -3.21. The highest BCUT2D eigenvalue weighted by Gasteiger charge is 2.25. The monoisotopic (exact) mass is 399 g/mol. The van der Waals surface area contributed by atoms with E-state index in [1.165, 1.54) is 6.07 Å². The minimum atomic E-state index is -3.24. The molecule has 0 saturated carbocycles. The average molecular weight is 399 g/mol. The molecule has 0 atom stereocenters. The molecule has 0 unspecified atom stereocenters. The van der Waals surface area contributed by atoms with Crippen LogP contribution in [0.25, 0.3) is 22.7 Å². The van der Waals surface area contributed by atoms with Gasteiger partial charge in [-0.3, -0.25) is 0 Å². The van der Waals surface area contributed by atoms with Gasteiger partial charge in [0.25, 0.3) is 0 Å². The molecular weight excluding hydrogens is 378 g/mol. The Morgan fingerprint density at radius 3 is 2.34 bits per heavy atom. The van der Waals surface area contributed by atoms with Crippen molar-refractivity contribution in [1.29, 1.82) is 0 Å². The van der Waals surface area contributed by atoms with Crippen molar-refractivity contribution in [3.63, 3.8) is 0 Å².